The molecule has 2 saturated heterocycles. The zero-order chi connectivity index (χ0) is 19.5. The van der Waals surface area contributed by atoms with E-state index in [-0.39, 0.29) is 5.91 Å². The standard InChI is InChI=1S/C15H29N3O.3C2H6/c1-16-15(19)13-14-5-9-18(10-6-14)12-11-17-7-3-2-4-8-17;3*1-2/h14H,2-13H2,1H3,(H,16,19);3*1-2H3. The minimum Gasteiger partial charge on any atom is -0.359 e. The minimum absolute atomic E-state index is 0.201. The van der Waals surface area contributed by atoms with Crippen LogP contribution in [0.2, 0.25) is 0 Å². The molecule has 2 aliphatic heterocycles. The number of carbonyl (C=O) groups excluding carboxylic acids is 1. The molecule has 0 radical (unpaired) electrons. The monoisotopic (exact) mass is 357 g/mol. The third-order valence-corrected chi connectivity index (χ3v) is 4.64. The average molecular weight is 358 g/mol. The Morgan fingerprint density at radius 1 is 0.800 bits per heavy atom. The molecule has 0 aromatic rings. The smallest absolute Gasteiger partial charge is 0.220 e. The molecule has 0 saturated carbocycles. The highest BCUT2D eigenvalue weighted by Crippen LogP contribution is 2.20. The second-order valence-electron chi connectivity index (χ2n) is 6.06. The number of hydrogen-bond acceptors (Lipinski definition) is 3. The first-order chi connectivity index (χ1) is 12.3. The van der Waals surface area contributed by atoms with Crippen LogP contribution >= 0.6 is 0 Å². The quantitative estimate of drug-likeness (QED) is 0.792. The number of rotatable bonds is 5. The second-order valence-corrected chi connectivity index (χ2v) is 6.06. The van der Waals surface area contributed by atoms with Gasteiger partial charge in [-0.15, -0.1) is 0 Å². The van der Waals surface area contributed by atoms with Gasteiger partial charge in [0, 0.05) is 26.6 Å². The average Bonchev–Trinajstić information content (AvgIpc) is 2.72. The van der Waals surface area contributed by atoms with E-state index in [1.807, 2.05) is 41.5 Å². The summed E-state index contributed by atoms with van der Waals surface area (Å²) in [7, 11) is 1.73. The van der Waals surface area contributed by atoms with Crippen LogP contribution in [0.25, 0.3) is 0 Å². The Morgan fingerprint density at radius 2 is 1.24 bits per heavy atom. The lowest BCUT2D eigenvalue weighted by Gasteiger charge is -2.34. The predicted molar refractivity (Wildman–Crippen MR) is 112 cm³/mol. The van der Waals surface area contributed by atoms with Gasteiger partial charge in [-0.3, -0.25) is 4.79 Å². The van der Waals surface area contributed by atoms with Crippen molar-refractivity contribution in [3.63, 3.8) is 0 Å². The summed E-state index contributed by atoms with van der Waals surface area (Å²) in [5.41, 5.74) is 0. The molecule has 0 aliphatic carbocycles. The first kappa shape index (κ1) is 26.6. The predicted octanol–water partition coefficient (Wildman–Crippen LogP) is 4.40. The third kappa shape index (κ3) is 13.3. The third-order valence-electron chi connectivity index (χ3n) is 4.64. The van der Waals surface area contributed by atoms with Gasteiger partial charge in [-0.1, -0.05) is 48.0 Å². The van der Waals surface area contributed by atoms with Gasteiger partial charge in [0.15, 0.2) is 0 Å². The van der Waals surface area contributed by atoms with Crippen molar-refractivity contribution in [1.82, 2.24) is 15.1 Å². The summed E-state index contributed by atoms with van der Waals surface area (Å²) in [6.45, 7) is 19.4. The summed E-state index contributed by atoms with van der Waals surface area (Å²) in [6.07, 6.45) is 7.28. The fraction of sp³-hybridized carbons (Fsp3) is 0.952. The summed E-state index contributed by atoms with van der Waals surface area (Å²) >= 11 is 0. The van der Waals surface area contributed by atoms with E-state index in [0.717, 1.165) is 6.42 Å². The van der Waals surface area contributed by atoms with Gasteiger partial charge in [-0.25, -0.2) is 0 Å². The van der Waals surface area contributed by atoms with E-state index >= 15 is 0 Å². The highest BCUT2D eigenvalue weighted by molar-refractivity contribution is 5.75. The van der Waals surface area contributed by atoms with Gasteiger partial charge in [0.05, 0.1) is 0 Å². The van der Waals surface area contributed by atoms with E-state index < -0.39 is 0 Å². The van der Waals surface area contributed by atoms with E-state index in [4.69, 9.17) is 0 Å². The van der Waals surface area contributed by atoms with Crippen LogP contribution < -0.4 is 5.32 Å². The van der Waals surface area contributed by atoms with E-state index in [0.29, 0.717) is 5.92 Å². The van der Waals surface area contributed by atoms with Crippen molar-refractivity contribution in [1.29, 1.82) is 0 Å². The van der Waals surface area contributed by atoms with Crippen molar-refractivity contribution in [3.8, 4) is 0 Å². The highest BCUT2D eigenvalue weighted by atomic mass is 16.1. The lowest BCUT2D eigenvalue weighted by atomic mass is 9.93. The van der Waals surface area contributed by atoms with Crippen LogP contribution in [0.1, 0.15) is 80.1 Å². The van der Waals surface area contributed by atoms with Gasteiger partial charge in [0.2, 0.25) is 5.91 Å². The van der Waals surface area contributed by atoms with Crippen LogP contribution in [0.5, 0.6) is 0 Å². The molecular weight excluding hydrogens is 310 g/mol. The molecule has 1 amide bonds. The van der Waals surface area contributed by atoms with Crippen LogP contribution in [0, 0.1) is 5.92 Å². The van der Waals surface area contributed by atoms with E-state index in [9.17, 15) is 4.79 Å². The van der Waals surface area contributed by atoms with Gasteiger partial charge in [0.25, 0.3) is 0 Å². The molecular formula is C21H47N3O. The van der Waals surface area contributed by atoms with Crippen LogP contribution in [0.4, 0.5) is 0 Å². The summed E-state index contributed by atoms with van der Waals surface area (Å²) < 4.78 is 0. The summed E-state index contributed by atoms with van der Waals surface area (Å²) in [5.74, 6) is 0.804. The first-order valence-electron chi connectivity index (χ1n) is 10.9. The zero-order valence-electron chi connectivity index (χ0n) is 18.4. The Labute approximate surface area is 158 Å². The van der Waals surface area contributed by atoms with E-state index in [2.05, 4.69) is 15.1 Å². The zero-order valence-corrected chi connectivity index (χ0v) is 18.4. The van der Waals surface area contributed by atoms with Crippen molar-refractivity contribution >= 4 is 5.91 Å². The van der Waals surface area contributed by atoms with Crippen LogP contribution in [0.15, 0.2) is 0 Å². The molecule has 1 N–H and O–H groups in total. The Morgan fingerprint density at radius 3 is 1.68 bits per heavy atom. The molecule has 0 unspecified atom stereocenters. The molecule has 2 aliphatic rings. The summed E-state index contributed by atoms with van der Waals surface area (Å²) in [6, 6.07) is 0. The SMILES string of the molecule is CC.CC.CC.CNC(=O)CC1CCN(CCN2CCCCC2)CC1. The fourth-order valence-corrected chi connectivity index (χ4v) is 3.24. The number of carbonyl (C=O) groups is 1. The molecule has 0 bridgehead atoms. The highest BCUT2D eigenvalue weighted by Gasteiger charge is 2.21. The number of amides is 1. The van der Waals surface area contributed by atoms with Gasteiger partial charge < -0.3 is 15.1 Å². The lowest BCUT2D eigenvalue weighted by Crippen LogP contribution is -2.41. The van der Waals surface area contributed by atoms with Crippen molar-refractivity contribution in [2.24, 2.45) is 5.92 Å². The Kier molecular flexibility index (Phi) is 21.0. The maximum atomic E-state index is 11.4. The maximum absolute atomic E-state index is 11.4. The molecule has 0 spiro atoms. The number of likely N-dealkylation sites (tertiary alicyclic amines) is 2. The molecule has 2 rings (SSSR count). The number of nitrogens with zero attached hydrogens (tertiary/aromatic N) is 2. The Bertz CT molecular complexity index is 270. The van der Waals surface area contributed by atoms with Gasteiger partial charge in [0.1, 0.15) is 0 Å². The molecule has 0 aromatic heterocycles. The first-order valence-corrected chi connectivity index (χ1v) is 10.9. The summed E-state index contributed by atoms with van der Waals surface area (Å²) in [4.78, 5) is 16.6. The molecule has 4 nitrogen and oxygen atoms in total. The maximum Gasteiger partial charge on any atom is 0.220 e. The Hall–Kier alpha value is -0.610. The van der Waals surface area contributed by atoms with Crippen LogP contribution in [-0.2, 0) is 4.79 Å². The molecule has 0 atom stereocenters. The van der Waals surface area contributed by atoms with E-state index in [1.54, 1.807) is 7.05 Å². The van der Waals surface area contributed by atoms with E-state index in [1.165, 1.54) is 71.4 Å². The topological polar surface area (TPSA) is 35.6 Å². The molecule has 25 heavy (non-hydrogen) atoms. The largest absolute Gasteiger partial charge is 0.359 e. The Balaban J connectivity index is 0. The van der Waals surface area contributed by atoms with Gasteiger partial charge in [-0.05, 0) is 57.8 Å². The summed E-state index contributed by atoms with van der Waals surface area (Å²) in [5, 5.41) is 2.73. The molecule has 2 fully saturated rings. The minimum atomic E-state index is 0.201. The van der Waals surface area contributed by atoms with Crippen molar-refractivity contribution in [3.05, 3.63) is 0 Å². The van der Waals surface area contributed by atoms with Crippen molar-refractivity contribution in [2.45, 2.75) is 80.1 Å². The van der Waals surface area contributed by atoms with Gasteiger partial charge in [-0.2, -0.15) is 0 Å². The van der Waals surface area contributed by atoms with Gasteiger partial charge >= 0.3 is 0 Å². The van der Waals surface area contributed by atoms with Crippen molar-refractivity contribution in [2.75, 3.05) is 46.3 Å². The molecule has 2 heterocycles. The fourth-order valence-electron chi connectivity index (χ4n) is 3.24. The number of piperidine rings is 2. The number of nitrogens with one attached hydrogen (secondary N) is 1. The molecule has 4 heteroatoms. The molecule has 152 valence electrons. The second kappa shape index (κ2) is 19.7. The molecule has 0 aromatic carbocycles. The van der Waals surface area contributed by atoms with Crippen molar-refractivity contribution < 1.29 is 4.79 Å². The van der Waals surface area contributed by atoms with Crippen LogP contribution in [-0.4, -0.2) is 62.0 Å². The normalized spacial score (nSPS) is 18.5. The number of hydrogen-bond donors (Lipinski definition) is 1. The lowest BCUT2D eigenvalue weighted by molar-refractivity contribution is -0.121. The van der Waals surface area contributed by atoms with Crippen LogP contribution in [0.3, 0.4) is 0 Å².